The van der Waals surface area contributed by atoms with Crippen molar-refractivity contribution in [3.05, 3.63) is 117 Å². The lowest BCUT2D eigenvalue weighted by Gasteiger charge is -2.31. The zero-order valence-electron chi connectivity index (χ0n) is 20.1. The predicted octanol–water partition coefficient (Wildman–Crippen LogP) is 5.86. The molecule has 0 bridgehead atoms. The minimum Gasteiger partial charge on any atom is -0.496 e. The van der Waals surface area contributed by atoms with Crippen molar-refractivity contribution in [3.8, 4) is 11.5 Å². The summed E-state index contributed by atoms with van der Waals surface area (Å²) in [6, 6.07) is 20.0. The molecule has 0 amide bonds. The Morgan fingerprint density at radius 2 is 1.73 bits per heavy atom. The van der Waals surface area contributed by atoms with Crippen LogP contribution >= 0.6 is 43.2 Å². The number of thiazole rings is 1. The van der Waals surface area contributed by atoms with Gasteiger partial charge in [0, 0.05) is 11.1 Å². The van der Waals surface area contributed by atoms with Gasteiger partial charge in [0.15, 0.2) is 4.80 Å². The van der Waals surface area contributed by atoms with E-state index in [1.807, 2.05) is 41.0 Å². The molecule has 2 heterocycles. The second kappa shape index (κ2) is 9.74. The number of rotatable bonds is 4. The van der Waals surface area contributed by atoms with Crippen molar-refractivity contribution in [1.82, 2.24) is 4.57 Å². The average molecular weight is 638 g/mol. The van der Waals surface area contributed by atoms with E-state index in [0.717, 1.165) is 55.5 Å². The Hall–Kier alpha value is -2.94. The summed E-state index contributed by atoms with van der Waals surface area (Å²) in [4.78, 5) is 19.8. The van der Waals surface area contributed by atoms with Gasteiger partial charge in [-0.2, -0.15) is 0 Å². The van der Waals surface area contributed by atoms with E-state index in [-0.39, 0.29) is 11.6 Å². The highest BCUT2D eigenvalue weighted by Crippen LogP contribution is 2.43. The molecule has 0 radical (unpaired) electrons. The van der Waals surface area contributed by atoms with Crippen LogP contribution in [-0.4, -0.2) is 18.8 Å². The smallest absolute Gasteiger partial charge is 0.271 e. The van der Waals surface area contributed by atoms with Crippen molar-refractivity contribution < 1.29 is 9.47 Å². The number of aryl methyl sites for hydroxylation is 1. The van der Waals surface area contributed by atoms with Crippen LogP contribution in [0.1, 0.15) is 34.7 Å². The highest BCUT2D eigenvalue weighted by atomic mass is 79.9. The van der Waals surface area contributed by atoms with Crippen LogP contribution in [0.5, 0.6) is 11.5 Å². The number of hydrogen-bond donors (Lipinski definition) is 0. The molecule has 1 aromatic heterocycles. The van der Waals surface area contributed by atoms with Crippen LogP contribution < -0.4 is 24.4 Å². The molecular formula is C29H22Br2N2O3S. The number of ether oxygens (including phenoxy) is 2. The van der Waals surface area contributed by atoms with Crippen LogP contribution in [0.25, 0.3) is 11.8 Å². The normalized spacial score (nSPS) is 16.5. The molecule has 8 heteroatoms. The Bertz CT molecular complexity index is 1750. The molecule has 0 fully saturated rings. The van der Waals surface area contributed by atoms with E-state index in [9.17, 15) is 4.79 Å². The maximum absolute atomic E-state index is 14.0. The van der Waals surface area contributed by atoms with E-state index >= 15 is 0 Å². The van der Waals surface area contributed by atoms with Gasteiger partial charge >= 0.3 is 0 Å². The van der Waals surface area contributed by atoms with Crippen LogP contribution in [-0.2, 0) is 6.42 Å². The zero-order valence-corrected chi connectivity index (χ0v) is 24.1. The van der Waals surface area contributed by atoms with Crippen molar-refractivity contribution in [2.75, 3.05) is 14.2 Å². The van der Waals surface area contributed by atoms with Crippen molar-refractivity contribution in [3.63, 3.8) is 0 Å². The minimum absolute atomic E-state index is 0.0619. The van der Waals surface area contributed by atoms with E-state index in [1.54, 1.807) is 14.2 Å². The first-order valence-corrected chi connectivity index (χ1v) is 14.2. The number of methoxy groups -OCH3 is 2. The first-order chi connectivity index (χ1) is 18.0. The Morgan fingerprint density at radius 1 is 1.00 bits per heavy atom. The third-order valence-corrected chi connectivity index (χ3v) is 8.99. The molecule has 1 atom stereocenters. The van der Waals surface area contributed by atoms with Gasteiger partial charge in [0.1, 0.15) is 11.5 Å². The third kappa shape index (κ3) is 4.11. The van der Waals surface area contributed by atoms with Crippen molar-refractivity contribution in [2.24, 2.45) is 4.99 Å². The lowest BCUT2D eigenvalue weighted by Crippen LogP contribution is -2.39. The van der Waals surface area contributed by atoms with Gasteiger partial charge in [-0.1, -0.05) is 53.8 Å². The Kier molecular flexibility index (Phi) is 6.42. The van der Waals surface area contributed by atoms with Gasteiger partial charge in [0.2, 0.25) is 0 Å². The molecule has 1 aliphatic carbocycles. The molecule has 4 aromatic rings. The molecule has 2 aliphatic rings. The highest BCUT2D eigenvalue weighted by molar-refractivity contribution is 9.11. The summed E-state index contributed by atoms with van der Waals surface area (Å²) in [5.74, 6) is 1.47. The van der Waals surface area contributed by atoms with E-state index in [4.69, 9.17) is 14.5 Å². The van der Waals surface area contributed by atoms with Crippen molar-refractivity contribution in [2.45, 2.75) is 18.9 Å². The number of aromatic nitrogens is 1. The first kappa shape index (κ1) is 24.4. The predicted molar refractivity (Wildman–Crippen MR) is 154 cm³/mol. The highest BCUT2D eigenvalue weighted by Gasteiger charge is 2.33. The van der Waals surface area contributed by atoms with Gasteiger partial charge < -0.3 is 9.47 Å². The van der Waals surface area contributed by atoms with Gasteiger partial charge in [-0.15, -0.1) is 0 Å². The summed E-state index contributed by atoms with van der Waals surface area (Å²) in [6.45, 7) is 0. The molecule has 186 valence electrons. The second-order valence-electron chi connectivity index (χ2n) is 8.87. The number of benzene rings is 3. The van der Waals surface area contributed by atoms with E-state index in [0.29, 0.717) is 15.1 Å². The zero-order chi connectivity index (χ0) is 25.7. The molecule has 3 aromatic carbocycles. The molecular weight excluding hydrogens is 616 g/mol. The Morgan fingerprint density at radius 3 is 2.49 bits per heavy atom. The quantitative estimate of drug-likeness (QED) is 0.282. The van der Waals surface area contributed by atoms with Crippen molar-refractivity contribution in [1.29, 1.82) is 0 Å². The topological polar surface area (TPSA) is 52.8 Å². The summed E-state index contributed by atoms with van der Waals surface area (Å²) >= 11 is 8.54. The lowest BCUT2D eigenvalue weighted by atomic mass is 9.83. The second-order valence-corrected chi connectivity index (χ2v) is 11.6. The van der Waals surface area contributed by atoms with Gasteiger partial charge in [0.05, 0.1) is 39.4 Å². The van der Waals surface area contributed by atoms with Gasteiger partial charge in [-0.25, -0.2) is 4.99 Å². The number of nitrogens with zero attached hydrogens (tertiary/aromatic N) is 2. The maximum Gasteiger partial charge on any atom is 0.271 e. The lowest BCUT2D eigenvalue weighted by molar-refractivity contribution is 0.402. The summed E-state index contributed by atoms with van der Waals surface area (Å²) in [5.41, 5.74) is 6.34. The summed E-state index contributed by atoms with van der Waals surface area (Å²) < 4.78 is 15.3. The summed E-state index contributed by atoms with van der Waals surface area (Å²) in [6.07, 6.45) is 3.66. The SMILES string of the molecule is COc1ccccc1C1C2=C(N=c3sc(=Cc4cc(Br)c(OC)c(Br)c4)c(=O)n31)c1ccccc1CC2. The van der Waals surface area contributed by atoms with Crippen LogP contribution in [0.15, 0.2) is 85.0 Å². The summed E-state index contributed by atoms with van der Waals surface area (Å²) in [7, 11) is 3.30. The number of fused-ring (bicyclic) bond motifs is 3. The van der Waals surface area contributed by atoms with Gasteiger partial charge in [0.25, 0.3) is 5.56 Å². The van der Waals surface area contributed by atoms with E-state index in [2.05, 4.69) is 62.2 Å². The number of hydrogen-bond acceptors (Lipinski definition) is 5. The van der Waals surface area contributed by atoms with Crippen LogP contribution in [0.4, 0.5) is 0 Å². The Balaban J connectivity index is 1.62. The molecule has 1 aliphatic heterocycles. The molecule has 37 heavy (non-hydrogen) atoms. The fourth-order valence-corrected chi connectivity index (χ4v) is 7.75. The van der Waals surface area contributed by atoms with E-state index < -0.39 is 0 Å². The number of halogens is 2. The largest absolute Gasteiger partial charge is 0.496 e. The van der Waals surface area contributed by atoms with Crippen LogP contribution in [0, 0.1) is 0 Å². The maximum atomic E-state index is 14.0. The minimum atomic E-state index is -0.285. The molecule has 1 unspecified atom stereocenters. The van der Waals surface area contributed by atoms with E-state index in [1.165, 1.54) is 16.9 Å². The fourth-order valence-electron chi connectivity index (χ4n) is 5.20. The van der Waals surface area contributed by atoms with Crippen molar-refractivity contribution >= 4 is 55.0 Å². The standard InChI is InChI=1S/C29H22Br2N2O3S/c1-35-23-10-6-5-9-19(23)26-20-12-11-17-7-3-4-8-18(17)25(20)32-29-33(26)28(34)24(37-29)15-16-13-21(30)27(36-2)22(31)14-16/h3-10,13-15,26H,11-12H2,1-2H3. The monoisotopic (exact) mass is 636 g/mol. The third-order valence-electron chi connectivity index (χ3n) is 6.83. The van der Waals surface area contributed by atoms with Crippen LogP contribution in [0.2, 0.25) is 0 Å². The Labute approximate surface area is 234 Å². The fraction of sp³-hybridized carbons (Fsp3) is 0.172. The molecule has 0 spiro atoms. The number of allylic oxidation sites excluding steroid dienone is 1. The van der Waals surface area contributed by atoms with Gasteiger partial charge in [-0.05, 0) is 85.7 Å². The average Bonchev–Trinajstić information content (AvgIpc) is 3.21. The molecule has 0 N–H and O–H groups in total. The molecule has 5 nitrogen and oxygen atoms in total. The van der Waals surface area contributed by atoms with Crippen LogP contribution in [0.3, 0.4) is 0 Å². The number of para-hydroxylation sites is 1. The summed E-state index contributed by atoms with van der Waals surface area (Å²) in [5, 5.41) is 0. The van der Waals surface area contributed by atoms with Gasteiger partial charge in [-0.3, -0.25) is 9.36 Å². The first-order valence-electron chi connectivity index (χ1n) is 11.8. The molecule has 6 rings (SSSR count). The molecule has 0 saturated carbocycles. The molecule has 0 saturated heterocycles.